The van der Waals surface area contributed by atoms with Gasteiger partial charge in [0.05, 0.1) is 0 Å². The molecule has 0 bridgehead atoms. The Hall–Kier alpha value is -0.160. The standard InChI is InChI=1S/C4H8NO3/c6-3-1-2-5-4(3,7)8/h3,6-8H,1-2H2. The molecule has 0 aromatic carbocycles. The van der Waals surface area contributed by atoms with Crippen LogP contribution in [0.25, 0.3) is 0 Å². The molecule has 0 aromatic heterocycles. The van der Waals surface area contributed by atoms with Crippen molar-refractivity contribution in [2.75, 3.05) is 6.54 Å². The molecule has 4 heteroatoms. The second-order valence-electron chi connectivity index (χ2n) is 1.87. The molecule has 0 aliphatic carbocycles. The first-order valence-corrected chi connectivity index (χ1v) is 2.44. The lowest BCUT2D eigenvalue weighted by molar-refractivity contribution is -0.225. The van der Waals surface area contributed by atoms with E-state index in [-0.39, 0.29) is 0 Å². The summed E-state index contributed by atoms with van der Waals surface area (Å²) in [6.45, 7) is 0.328. The van der Waals surface area contributed by atoms with Crippen LogP contribution in [0.1, 0.15) is 6.42 Å². The Morgan fingerprint density at radius 3 is 2.25 bits per heavy atom. The number of aliphatic hydroxyl groups is 3. The van der Waals surface area contributed by atoms with E-state index in [2.05, 4.69) is 5.32 Å². The highest BCUT2D eigenvalue weighted by Gasteiger charge is 2.39. The van der Waals surface area contributed by atoms with Crippen LogP contribution in [0.4, 0.5) is 0 Å². The molecule has 1 rings (SSSR count). The average Bonchev–Trinajstić information content (AvgIpc) is 1.86. The summed E-state index contributed by atoms with van der Waals surface area (Å²) in [5, 5.41) is 29.2. The lowest BCUT2D eigenvalue weighted by atomic mass is 10.3. The van der Waals surface area contributed by atoms with Crippen molar-refractivity contribution in [1.29, 1.82) is 0 Å². The first kappa shape index (κ1) is 5.97. The maximum absolute atomic E-state index is 8.66. The Balaban J connectivity index is 2.54. The van der Waals surface area contributed by atoms with Gasteiger partial charge in [0.1, 0.15) is 6.10 Å². The largest absolute Gasteiger partial charge is 0.386 e. The topological polar surface area (TPSA) is 74.8 Å². The molecule has 4 nitrogen and oxygen atoms in total. The number of hydrogen-bond acceptors (Lipinski definition) is 3. The smallest absolute Gasteiger partial charge is 0.265 e. The molecule has 8 heavy (non-hydrogen) atoms. The molecular formula is C4H8NO3. The summed E-state index contributed by atoms with van der Waals surface area (Å²) in [5.74, 6) is -2.17. The van der Waals surface area contributed by atoms with Gasteiger partial charge in [-0.2, -0.15) is 5.32 Å². The highest BCUT2D eigenvalue weighted by Crippen LogP contribution is 2.14. The number of hydrogen-bond donors (Lipinski definition) is 3. The predicted octanol–water partition coefficient (Wildman–Crippen LogP) is -2.01. The van der Waals surface area contributed by atoms with Gasteiger partial charge in [-0.3, -0.25) is 0 Å². The summed E-state index contributed by atoms with van der Waals surface area (Å²) in [7, 11) is 0. The van der Waals surface area contributed by atoms with Crippen LogP contribution < -0.4 is 5.32 Å². The monoisotopic (exact) mass is 118 g/mol. The summed E-state index contributed by atoms with van der Waals surface area (Å²) < 4.78 is 0. The van der Waals surface area contributed by atoms with Gasteiger partial charge in [-0.1, -0.05) is 0 Å². The molecule has 1 saturated heterocycles. The molecule has 1 radical (unpaired) electrons. The van der Waals surface area contributed by atoms with Crippen molar-refractivity contribution in [3.8, 4) is 0 Å². The maximum atomic E-state index is 8.66. The van der Waals surface area contributed by atoms with Gasteiger partial charge >= 0.3 is 0 Å². The summed E-state index contributed by atoms with van der Waals surface area (Å²) in [6, 6.07) is 0. The molecule has 0 spiro atoms. The lowest BCUT2D eigenvalue weighted by Crippen LogP contribution is -2.43. The SMILES string of the molecule is OC1CC[N]C1(O)O. The molecule has 1 aliphatic heterocycles. The molecule has 0 saturated carbocycles. The lowest BCUT2D eigenvalue weighted by Gasteiger charge is -2.16. The minimum atomic E-state index is -2.17. The fourth-order valence-electron chi connectivity index (χ4n) is 0.650. The Morgan fingerprint density at radius 1 is 1.50 bits per heavy atom. The zero-order chi connectivity index (χ0) is 6.20. The highest BCUT2D eigenvalue weighted by molar-refractivity contribution is 4.79. The zero-order valence-corrected chi connectivity index (χ0v) is 4.28. The number of rotatable bonds is 0. The number of aliphatic hydroxyl groups excluding tert-OH is 1. The molecule has 1 aliphatic rings. The van der Waals surface area contributed by atoms with Crippen LogP contribution in [0.3, 0.4) is 0 Å². The average molecular weight is 118 g/mol. The molecule has 0 amide bonds. The summed E-state index contributed by atoms with van der Waals surface area (Å²) in [4.78, 5) is 0. The van der Waals surface area contributed by atoms with Crippen LogP contribution >= 0.6 is 0 Å². The first-order valence-electron chi connectivity index (χ1n) is 2.44. The summed E-state index contributed by atoms with van der Waals surface area (Å²) in [6.07, 6.45) is -0.755. The van der Waals surface area contributed by atoms with Crippen LogP contribution in [-0.4, -0.2) is 33.9 Å². The zero-order valence-electron chi connectivity index (χ0n) is 4.28. The minimum Gasteiger partial charge on any atom is -0.386 e. The van der Waals surface area contributed by atoms with E-state index in [0.29, 0.717) is 13.0 Å². The van der Waals surface area contributed by atoms with Crippen LogP contribution in [0.2, 0.25) is 0 Å². The van der Waals surface area contributed by atoms with Crippen molar-refractivity contribution in [1.82, 2.24) is 5.32 Å². The number of nitrogens with zero attached hydrogens (tertiary/aromatic N) is 1. The molecule has 0 aromatic rings. The van der Waals surface area contributed by atoms with Crippen LogP contribution in [0, 0.1) is 0 Å². The fraction of sp³-hybridized carbons (Fsp3) is 1.00. The van der Waals surface area contributed by atoms with E-state index in [1.54, 1.807) is 0 Å². The van der Waals surface area contributed by atoms with Gasteiger partial charge in [-0.15, -0.1) is 0 Å². The third kappa shape index (κ3) is 0.830. The minimum absolute atomic E-state index is 0.328. The van der Waals surface area contributed by atoms with Gasteiger partial charge < -0.3 is 15.3 Å². The van der Waals surface area contributed by atoms with Crippen LogP contribution in [-0.2, 0) is 0 Å². The van der Waals surface area contributed by atoms with Crippen LogP contribution in [0.5, 0.6) is 0 Å². The van der Waals surface area contributed by atoms with Gasteiger partial charge in [-0.25, -0.2) is 0 Å². The molecule has 47 valence electrons. The summed E-state index contributed by atoms with van der Waals surface area (Å²) in [5.41, 5.74) is 0. The summed E-state index contributed by atoms with van der Waals surface area (Å²) >= 11 is 0. The van der Waals surface area contributed by atoms with Gasteiger partial charge in [0.25, 0.3) is 5.91 Å². The molecule has 1 unspecified atom stereocenters. The van der Waals surface area contributed by atoms with Crippen molar-refractivity contribution < 1.29 is 15.3 Å². The highest BCUT2D eigenvalue weighted by atomic mass is 16.5. The van der Waals surface area contributed by atoms with Gasteiger partial charge in [0.15, 0.2) is 0 Å². The van der Waals surface area contributed by atoms with Crippen molar-refractivity contribution >= 4 is 0 Å². The van der Waals surface area contributed by atoms with E-state index in [1.807, 2.05) is 0 Å². The van der Waals surface area contributed by atoms with Gasteiger partial charge in [-0.05, 0) is 6.42 Å². The van der Waals surface area contributed by atoms with Crippen molar-refractivity contribution in [3.05, 3.63) is 0 Å². The predicted molar refractivity (Wildman–Crippen MR) is 24.8 cm³/mol. The molecule has 1 fully saturated rings. The third-order valence-corrected chi connectivity index (χ3v) is 1.19. The van der Waals surface area contributed by atoms with Crippen LogP contribution in [0.15, 0.2) is 0 Å². The molecule has 3 N–H and O–H groups in total. The van der Waals surface area contributed by atoms with E-state index in [1.165, 1.54) is 0 Å². The van der Waals surface area contributed by atoms with E-state index in [4.69, 9.17) is 15.3 Å². The normalized spacial score (nSPS) is 35.6. The molecule has 1 atom stereocenters. The maximum Gasteiger partial charge on any atom is 0.265 e. The van der Waals surface area contributed by atoms with Gasteiger partial charge in [0.2, 0.25) is 0 Å². The first-order chi connectivity index (χ1) is 3.63. The second kappa shape index (κ2) is 1.66. The van der Waals surface area contributed by atoms with E-state index >= 15 is 0 Å². The Kier molecular flexibility index (Phi) is 1.24. The van der Waals surface area contributed by atoms with E-state index < -0.39 is 12.0 Å². The Bertz CT molecular complexity index is 93.3. The second-order valence-corrected chi connectivity index (χ2v) is 1.87. The van der Waals surface area contributed by atoms with Gasteiger partial charge in [0, 0.05) is 6.54 Å². The Morgan fingerprint density at radius 2 is 2.12 bits per heavy atom. The van der Waals surface area contributed by atoms with Crippen molar-refractivity contribution in [2.24, 2.45) is 0 Å². The molecular weight excluding hydrogens is 110 g/mol. The van der Waals surface area contributed by atoms with Crippen molar-refractivity contribution in [3.63, 3.8) is 0 Å². The fourth-order valence-corrected chi connectivity index (χ4v) is 0.650. The molecule has 1 heterocycles. The Labute approximate surface area is 46.8 Å². The van der Waals surface area contributed by atoms with Crippen molar-refractivity contribution in [2.45, 2.75) is 18.4 Å². The van der Waals surface area contributed by atoms with E-state index in [0.717, 1.165) is 0 Å². The quantitative estimate of drug-likeness (QED) is 0.322. The van der Waals surface area contributed by atoms with E-state index in [9.17, 15) is 0 Å². The third-order valence-electron chi connectivity index (χ3n) is 1.19.